The number of rotatable bonds is 7. The van der Waals surface area contributed by atoms with Crippen molar-refractivity contribution in [1.29, 1.82) is 0 Å². The highest BCUT2D eigenvalue weighted by atomic mass is 16.6. The van der Waals surface area contributed by atoms with Crippen LogP contribution in [0.4, 0.5) is 10.5 Å². The molecule has 1 aromatic carbocycles. The molecule has 0 bridgehead atoms. The van der Waals surface area contributed by atoms with Crippen molar-refractivity contribution in [3.05, 3.63) is 24.3 Å². The second kappa shape index (κ2) is 9.98. The van der Waals surface area contributed by atoms with Crippen molar-refractivity contribution in [3.63, 3.8) is 0 Å². The molecular formula is C18H28N3O5+. The number of aliphatic hydroxyl groups is 1. The van der Waals surface area contributed by atoms with Gasteiger partial charge in [-0.3, -0.25) is 9.69 Å². The van der Waals surface area contributed by atoms with Crippen LogP contribution in [0.25, 0.3) is 0 Å². The zero-order valence-corrected chi connectivity index (χ0v) is 15.4. The highest BCUT2D eigenvalue weighted by Gasteiger charge is 2.26. The second-order valence-electron chi connectivity index (χ2n) is 6.31. The van der Waals surface area contributed by atoms with Crippen LogP contribution in [-0.4, -0.2) is 74.0 Å². The molecule has 8 nitrogen and oxygen atoms in total. The molecule has 144 valence electrons. The van der Waals surface area contributed by atoms with Crippen LogP contribution in [0.2, 0.25) is 0 Å². The number of ether oxygens (including phenoxy) is 2. The molecule has 1 aromatic rings. The SMILES string of the molecule is CCOC(=O)N1CC[NH+](C[C@H](O)COc2ccc(NC(C)=O)cc2)CC1. The van der Waals surface area contributed by atoms with Crippen LogP contribution in [0.15, 0.2) is 24.3 Å². The number of hydrogen-bond acceptors (Lipinski definition) is 5. The van der Waals surface area contributed by atoms with Crippen molar-refractivity contribution in [2.75, 3.05) is 51.3 Å². The summed E-state index contributed by atoms with van der Waals surface area (Å²) in [5.41, 5.74) is 0.703. The Morgan fingerprint density at radius 2 is 1.92 bits per heavy atom. The molecule has 1 atom stereocenters. The lowest BCUT2D eigenvalue weighted by molar-refractivity contribution is -0.907. The molecule has 1 heterocycles. The molecule has 0 radical (unpaired) electrons. The molecule has 2 amide bonds. The van der Waals surface area contributed by atoms with Crippen molar-refractivity contribution in [3.8, 4) is 5.75 Å². The van der Waals surface area contributed by atoms with E-state index in [1.54, 1.807) is 36.1 Å². The number of aliphatic hydroxyl groups excluding tert-OH is 1. The van der Waals surface area contributed by atoms with Gasteiger partial charge in [0.25, 0.3) is 0 Å². The van der Waals surface area contributed by atoms with Crippen molar-refractivity contribution in [2.24, 2.45) is 0 Å². The van der Waals surface area contributed by atoms with Gasteiger partial charge in [0, 0.05) is 12.6 Å². The summed E-state index contributed by atoms with van der Waals surface area (Å²) in [5, 5.41) is 12.9. The van der Waals surface area contributed by atoms with Gasteiger partial charge < -0.3 is 24.8 Å². The predicted octanol–water partition coefficient (Wildman–Crippen LogP) is -0.258. The Morgan fingerprint density at radius 3 is 2.50 bits per heavy atom. The Labute approximate surface area is 153 Å². The van der Waals surface area contributed by atoms with Crippen LogP contribution in [0.3, 0.4) is 0 Å². The molecule has 1 aliphatic rings. The minimum atomic E-state index is -0.589. The van der Waals surface area contributed by atoms with E-state index in [2.05, 4.69) is 5.32 Å². The van der Waals surface area contributed by atoms with Crippen LogP contribution in [0.5, 0.6) is 5.75 Å². The number of carbonyl (C=O) groups excluding carboxylic acids is 2. The first-order valence-electron chi connectivity index (χ1n) is 8.91. The lowest BCUT2D eigenvalue weighted by Gasteiger charge is -2.32. The Bertz CT molecular complexity index is 585. The lowest BCUT2D eigenvalue weighted by Crippen LogP contribution is -3.16. The first-order valence-corrected chi connectivity index (χ1v) is 8.91. The summed E-state index contributed by atoms with van der Waals surface area (Å²) in [7, 11) is 0. The maximum atomic E-state index is 11.7. The largest absolute Gasteiger partial charge is 0.491 e. The number of anilines is 1. The summed E-state index contributed by atoms with van der Waals surface area (Å²) in [6.07, 6.45) is -0.854. The molecule has 1 aliphatic heterocycles. The Kier molecular flexibility index (Phi) is 7.68. The maximum Gasteiger partial charge on any atom is 0.410 e. The van der Waals surface area contributed by atoms with E-state index in [1.165, 1.54) is 11.8 Å². The fourth-order valence-corrected chi connectivity index (χ4v) is 2.85. The summed E-state index contributed by atoms with van der Waals surface area (Å²) in [4.78, 5) is 25.6. The summed E-state index contributed by atoms with van der Waals surface area (Å²) >= 11 is 0. The van der Waals surface area contributed by atoms with Gasteiger partial charge in [0.2, 0.25) is 5.91 Å². The number of quaternary nitrogens is 1. The molecule has 0 aliphatic carbocycles. The third-order valence-corrected chi connectivity index (χ3v) is 4.14. The summed E-state index contributed by atoms with van der Waals surface area (Å²) in [6.45, 7) is 7.22. The number of benzene rings is 1. The molecule has 0 aromatic heterocycles. The molecule has 0 saturated carbocycles. The van der Waals surface area contributed by atoms with Gasteiger partial charge in [-0.1, -0.05) is 0 Å². The Morgan fingerprint density at radius 1 is 1.27 bits per heavy atom. The minimum Gasteiger partial charge on any atom is -0.491 e. The average Bonchev–Trinajstić information content (AvgIpc) is 2.61. The van der Waals surface area contributed by atoms with E-state index < -0.39 is 6.10 Å². The van der Waals surface area contributed by atoms with Gasteiger partial charge >= 0.3 is 6.09 Å². The quantitative estimate of drug-likeness (QED) is 0.618. The zero-order valence-electron chi connectivity index (χ0n) is 15.4. The standard InChI is InChI=1S/C18H27N3O5/c1-3-25-18(24)21-10-8-20(9-11-21)12-16(23)13-26-17-6-4-15(5-7-17)19-14(2)22/h4-7,16,23H,3,8-13H2,1-2H3,(H,19,22)/p+1/t16-/m0/s1. The normalized spacial score (nSPS) is 16.0. The predicted molar refractivity (Wildman–Crippen MR) is 96.4 cm³/mol. The smallest absolute Gasteiger partial charge is 0.410 e. The van der Waals surface area contributed by atoms with Gasteiger partial charge in [-0.25, -0.2) is 4.79 Å². The van der Waals surface area contributed by atoms with Gasteiger partial charge in [0.1, 0.15) is 25.0 Å². The topological polar surface area (TPSA) is 92.5 Å². The van der Waals surface area contributed by atoms with Crippen LogP contribution >= 0.6 is 0 Å². The fourth-order valence-electron chi connectivity index (χ4n) is 2.85. The number of hydrogen-bond donors (Lipinski definition) is 3. The average molecular weight is 366 g/mol. The van der Waals surface area contributed by atoms with E-state index in [1.807, 2.05) is 0 Å². The summed E-state index contributed by atoms with van der Waals surface area (Å²) < 4.78 is 10.6. The molecule has 0 unspecified atom stereocenters. The molecule has 1 saturated heterocycles. The van der Waals surface area contributed by atoms with Crippen molar-refractivity contribution < 1.29 is 29.1 Å². The summed E-state index contributed by atoms with van der Waals surface area (Å²) in [5.74, 6) is 0.514. The van der Waals surface area contributed by atoms with E-state index >= 15 is 0 Å². The number of nitrogens with one attached hydrogen (secondary N) is 2. The van der Waals surface area contributed by atoms with E-state index in [4.69, 9.17) is 9.47 Å². The monoisotopic (exact) mass is 366 g/mol. The zero-order chi connectivity index (χ0) is 18.9. The molecular weight excluding hydrogens is 338 g/mol. The number of carbonyl (C=O) groups is 2. The van der Waals surface area contributed by atoms with Crippen LogP contribution in [0.1, 0.15) is 13.8 Å². The molecule has 0 spiro atoms. The van der Waals surface area contributed by atoms with E-state index in [9.17, 15) is 14.7 Å². The van der Waals surface area contributed by atoms with Gasteiger partial charge in [-0.05, 0) is 31.2 Å². The van der Waals surface area contributed by atoms with Gasteiger partial charge in [0.05, 0.1) is 32.8 Å². The maximum absolute atomic E-state index is 11.7. The molecule has 8 heteroatoms. The van der Waals surface area contributed by atoms with Gasteiger partial charge in [-0.15, -0.1) is 0 Å². The molecule has 2 rings (SSSR count). The first-order chi connectivity index (χ1) is 12.5. The number of piperazine rings is 1. The third kappa shape index (κ3) is 6.53. The Balaban J connectivity index is 1.68. The summed E-state index contributed by atoms with van der Waals surface area (Å²) in [6, 6.07) is 7.01. The number of nitrogens with zero attached hydrogens (tertiary/aromatic N) is 1. The Hall–Kier alpha value is -2.32. The second-order valence-corrected chi connectivity index (χ2v) is 6.31. The first kappa shape index (κ1) is 20.0. The van der Waals surface area contributed by atoms with Crippen LogP contribution in [0, 0.1) is 0 Å². The van der Waals surface area contributed by atoms with Crippen molar-refractivity contribution in [1.82, 2.24) is 4.90 Å². The number of amides is 2. The fraction of sp³-hybridized carbons (Fsp3) is 0.556. The van der Waals surface area contributed by atoms with Crippen LogP contribution < -0.4 is 15.0 Å². The van der Waals surface area contributed by atoms with Crippen molar-refractivity contribution >= 4 is 17.7 Å². The third-order valence-electron chi connectivity index (χ3n) is 4.14. The lowest BCUT2D eigenvalue weighted by atomic mass is 10.2. The highest BCUT2D eigenvalue weighted by molar-refractivity contribution is 5.88. The van der Waals surface area contributed by atoms with Gasteiger partial charge in [-0.2, -0.15) is 0 Å². The molecule has 1 fully saturated rings. The van der Waals surface area contributed by atoms with Gasteiger partial charge in [0.15, 0.2) is 0 Å². The minimum absolute atomic E-state index is 0.125. The van der Waals surface area contributed by atoms with Crippen LogP contribution in [-0.2, 0) is 9.53 Å². The van der Waals surface area contributed by atoms with E-state index in [0.29, 0.717) is 37.7 Å². The van der Waals surface area contributed by atoms with E-state index in [-0.39, 0.29) is 18.6 Å². The molecule has 3 N–H and O–H groups in total. The van der Waals surface area contributed by atoms with Crippen molar-refractivity contribution in [2.45, 2.75) is 20.0 Å². The molecule has 26 heavy (non-hydrogen) atoms. The highest BCUT2D eigenvalue weighted by Crippen LogP contribution is 2.15. The van der Waals surface area contributed by atoms with E-state index in [0.717, 1.165) is 13.1 Å².